The molecule has 0 N–H and O–H groups in total. The Kier molecular flexibility index (Phi) is 3.77. The van der Waals surface area contributed by atoms with Gasteiger partial charge in [-0.3, -0.25) is 4.79 Å². The molecule has 1 amide bonds. The number of hydrogen-bond donors (Lipinski definition) is 0. The molecule has 3 nitrogen and oxygen atoms in total. The molecule has 2 rings (SSSR count). The summed E-state index contributed by atoms with van der Waals surface area (Å²) >= 11 is 0. The molecule has 0 aromatic heterocycles. The number of nitriles is 1. The monoisotopic (exact) mass is 228 g/mol. The molecule has 3 heteroatoms. The summed E-state index contributed by atoms with van der Waals surface area (Å²) in [6.45, 7) is 1.56. The van der Waals surface area contributed by atoms with Gasteiger partial charge in [-0.05, 0) is 24.3 Å². The van der Waals surface area contributed by atoms with Gasteiger partial charge in [-0.2, -0.15) is 5.26 Å². The summed E-state index contributed by atoms with van der Waals surface area (Å²) in [5.41, 5.74) is 1.36. The molecule has 1 fully saturated rings. The molecule has 0 bridgehead atoms. The molecule has 0 spiro atoms. The largest absolute Gasteiger partial charge is 0.342 e. The number of carbonyl (C=O) groups is 1. The third-order valence-electron chi connectivity index (χ3n) is 3.35. The van der Waals surface area contributed by atoms with E-state index in [4.69, 9.17) is 5.26 Å². The van der Waals surface area contributed by atoms with Crippen LogP contribution in [0.15, 0.2) is 30.3 Å². The Morgan fingerprint density at radius 3 is 2.53 bits per heavy atom. The van der Waals surface area contributed by atoms with Crippen LogP contribution < -0.4 is 0 Å². The molecule has 0 unspecified atom stereocenters. The predicted octanol–water partition coefficient (Wildman–Crippen LogP) is 2.31. The molecule has 1 aromatic carbocycles. The van der Waals surface area contributed by atoms with Gasteiger partial charge in [-0.25, -0.2) is 0 Å². The van der Waals surface area contributed by atoms with Gasteiger partial charge in [-0.1, -0.05) is 30.3 Å². The SMILES string of the molecule is N#CCC(=O)N1CCC(c2ccccc2)CC1. The Bertz CT molecular complexity index is 414. The predicted molar refractivity (Wildman–Crippen MR) is 65.2 cm³/mol. The fourth-order valence-corrected chi connectivity index (χ4v) is 2.37. The van der Waals surface area contributed by atoms with Gasteiger partial charge in [0.25, 0.3) is 0 Å². The van der Waals surface area contributed by atoms with E-state index in [0.717, 1.165) is 25.9 Å². The van der Waals surface area contributed by atoms with E-state index in [2.05, 4.69) is 24.3 Å². The summed E-state index contributed by atoms with van der Waals surface area (Å²) in [6.07, 6.45) is 2.01. The van der Waals surface area contributed by atoms with E-state index < -0.39 is 0 Å². The van der Waals surface area contributed by atoms with Gasteiger partial charge < -0.3 is 4.90 Å². The van der Waals surface area contributed by atoms with Gasteiger partial charge in [0.15, 0.2) is 0 Å². The molecule has 17 heavy (non-hydrogen) atoms. The number of carbonyl (C=O) groups excluding carboxylic acids is 1. The zero-order valence-corrected chi connectivity index (χ0v) is 9.80. The first-order valence-corrected chi connectivity index (χ1v) is 6.01. The first-order chi connectivity index (χ1) is 8.31. The quantitative estimate of drug-likeness (QED) is 0.779. The van der Waals surface area contributed by atoms with E-state index >= 15 is 0 Å². The minimum Gasteiger partial charge on any atom is -0.342 e. The van der Waals surface area contributed by atoms with Crippen molar-refractivity contribution in [2.45, 2.75) is 25.2 Å². The van der Waals surface area contributed by atoms with E-state index in [1.165, 1.54) is 5.56 Å². The zero-order chi connectivity index (χ0) is 12.1. The smallest absolute Gasteiger partial charge is 0.236 e. The van der Waals surface area contributed by atoms with Crippen LogP contribution in [0.25, 0.3) is 0 Å². The zero-order valence-electron chi connectivity index (χ0n) is 9.80. The second kappa shape index (κ2) is 5.49. The Morgan fingerprint density at radius 2 is 1.94 bits per heavy atom. The van der Waals surface area contributed by atoms with Crippen molar-refractivity contribution >= 4 is 5.91 Å². The standard InChI is InChI=1S/C14H16N2O/c15-9-6-14(17)16-10-7-13(8-11-16)12-4-2-1-3-5-12/h1-5,13H,6-8,10-11H2. The van der Waals surface area contributed by atoms with E-state index in [9.17, 15) is 4.79 Å². The number of amides is 1. The maximum Gasteiger partial charge on any atom is 0.236 e. The highest BCUT2D eigenvalue weighted by Crippen LogP contribution is 2.27. The minimum atomic E-state index is -0.0287. The second-order valence-electron chi connectivity index (χ2n) is 4.40. The lowest BCUT2D eigenvalue weighted by molar-refractivity contribution is -0.131. The third kappa shape index (κ3) is 2.85. The van der Waals surface area contributed by atoms with Gasteiger partial charge in [0.05, 0.1) is 6.07 Å². The minimum absolute atomic E-state index is 0.00992. The summed E-state index contributed by atoms with van der Waals surface area (Å²) in [6, 6.07) is 12.4. The van der Waals surface area contributed by atoms with Crippen LogP contribution in [0, 0.1) is 11.3 Å². The van der Waals surface area contributed by atoms with Gasteiger partial charge in [0.2, 0.25) is 5.91 Å². The molecular weight excluding hydrogens is 212 g/mol. The highest BCUT2D eigenvalue weighted by Gasteiger charge is 2.23. The lowest BCUT2D eigenvalue weighted by atomic mass is 9.89. The molecule has 1 saturated heterocycles. The molecule has 88 valence electrons. The Labute approximate surface area is 102 Å². The lowest BCUT2D eigenvalue weighted by Gasteiger charge is -2.31. The van der Waals surface area contributed by atoms with Crippen molar-refractivity contribution in [3.05, 3.63) is 35.9 Å². The molecule has 0 radical (unpaired) electrons. The molecule has 1 aliphatic heterocycles. The number of piperidine rings is 1. The average molecular weight is 228 g/mol. The van der Waals surface area contributed by atoms with Crippen molar-refractivity contribution in [1.29, 1.82) is 5.26 Å². The number of nitrogens with zero attached hydrogens (tertiary/aromatic N) is 2. The van der Waals surface area contributed by atoms with Crippen LogP contribution in [-0.4, -0.2) is 23.9 Å². The van der Waals surface area contributed by atoms with Crippen molar-refractivity contribution in [3.8, 4) is 6.07 Å². The summed E-state index contributed by atoms with van der Waals surface area (Å²) in [4.78, 5) is 13.4. The van der Waals surface area contributed by atoms with Gasteiger partial charge in [-0.15, -0.1) is 0 Å². The van der Waals surface area contributed by atoms with E-state index in [-0.39, 0.29) is 12.3 Å². The topological polar surface area (TPSA) is 44.1 Å². The average Bonchev–Trinajstić information content (AvgIpc) is 2.40. The van der Waals surface area contributed by atoms with Crippen molar-refractivity contribution in [1.82, 2.24) is 4.90 Å². The van der Waals surface area contributed by atoms with Gasteiger partial charge in [0, 0.05) is 13.1 Å². The lowest BCUT2D eigenvalue weighted by Crippen LogP contribution is -2.37. The number of hydrogen-bond acceptors (Lipinski definition) is 2. The molecular formula is C14H16N2O. The Hall–Kier alpha value is -1.82. The van der Waals surface area contributed by atoms with Crippen molar-refractivity contribution in [2.75, 3.05) is 13.1 Å². The number of benzene rings is 1. The van der Waals surface area contributed by atoms with Crippen LogP contribution >= 0.6 is 0 Å². The van der Waals surface area contributed by atoms with Gasteiger partial charge in [0.1, 0.15) is 6.42 Å². The Morgan fingerprint density at radius 1 is 1.29 bits per heavy atom. The first kappa shape index (κ1) is 11.7. The highest BCUT2D eigenvalue weighted by atomic mass is 16.2. The number of rotatable bonds is 2. The maximum atomic E-state index is 11.5. The van der Waals surface area contributed by atoms with E-state index in [1.54, 1.807) is 0 Å². The van der Waals surface area contributed by atoms with Crippen LogP contribution in [0.5, 0.6) is 0 Å². The normalized spacial score (nSPS) is 16.5. The van der Waals surface area contributed by atoms with Crippen LogP contribution in [-0.2, 0) is 4.79 Å². The molecule has 0 atom stereocenters. The third-order valence-corrected chi connectivity index (χ3v) is 3.35. The Balaban J connectivity index is 1.91. The van der Waals surface area contributed by atoms with Crippen LogP contribution in [0.3, 0.4) is 0 Å². The molecule has 0 aliphatic carbocycles. The summed E-state index contributed by atoms with van der Waals surface area (Å²) < 4.78 is 0. The summed E-state index contributed by atoms with van der Waals surface area (Å²) in [7, 11) is 0. The van der Waals surface area contributed by atoms with Gasteiger partial charge >= 0.3 is 0 Å². The molecule has 0 saturated carbocycles. The molecule has 1 aromatic rings. The second-order valence-corrected chi connectivity index (χ2v) is 4.40. The molecule has 1 heterocycles. The van der Waals surface area contributed by atoms with Crippen LogP contribution in [0.4, 0.5) is 0 Å². The first-order valence-electron chi connectivity index (χ1n) is 6.01. The fourth-order valence-electron chi connectivity index (χ4n) is 2.37. The number of likely N-dealkylation sites (tertiary alicyclic amines) is 1. The van der Waals surface area contributed by atoms with Crippen molar-refractivity contribution in [3.63, 3.8) is 0 Å². The van der Waals surface area contributed by atoms with Crippen LogP contribution in [0.1, 0.15) is 30.7 Å². The molecule has 1 aliphatic rings. The summed E-state index contributed by atoms with van der Waals surface area (Å²) in [5, 5.41) is 8.50. The maximum absolute atomic E-state index is 11.5. The fraction of sp³-hybridized carbons (Fsp3) is 0.429. The van der Waals surface area contributed by atoms with Crippen molar-refractivity contribution < 1.29 is 4.79 Å². The van der Waals surface area contributed by atoms with Crippen molar-refractivity contribution in [2.24, 2.45) is 0 Å². The van der Waals surface area contributed by atoms with E-state index in [0.29, 0.717) is 5.92 Å². The summed E-state index contributed by atoms with van der Waals surface area (Å²) in [5.74, 6) is 0.529. The van der Waals surface area contributed by atoms with E-state index in [1.807, 2.05) is 17.0 Å². The highest BCUT2D eigenvalue weighted by molar-refractivity contribution is 5.78. The van der Waals surface area contributed by atoms with Crippen LogP contribution in [0.2, 0.25) is 0 Å².